The highest BCUT2D eigenvalue weighted by Crippen LogP contribution is 2.36. The zero-order valence-electron chi connectivity index (χ0n) is 17.9. The lowest BCUT2D eigenvalue weighted by atomic mass is 10.2. The van der Waals surface area contributed by atoms with Crippen LogP contribution in [0.2, 0.25) is 0 Å². The summed E-state index contributed by atoms with van der Waals surface area (Å²) in [5, 5.41) is 14.1. The number of H-pyrrole nitrogens is 1. The Bertz CT molecular complexity index is 1540. The molecule has 0 spiro atoms. The van der Waals surface area contributed by atoms with Gasteiger partial charge >= 0.3 is 0 Å². The predicted molar refractivity (Wildman–Crippen MR) is 122 cm³/mol. The molecule has 3 aromatic carbocycles. The van der Waals surface area contributed by atoms with Crippen LogP contribution in [0.3, 0.4) is 0 Å². The summed E-state index contributed by atoms with van der Waals surface area (Å²) >= 11 is 0. The van der Waals surface area contributed by atoms with Gasteiger partial charge in [0.05, 0.1) is 37.1 Å². The third kappa shape index (κ3) is 3.87. The lowest BCUT2D eigenvalue weighted by Crippen LogP contribution is -2.05. The Kier molecular flexibility index (Phi) is 5.28. The van der Waals surface area contributed by atoms with Gasteiger partial charge in [0.1, 0.15) is 11.6 Å². The van der Waals surface area contributed by atoms with Gasteiger partial charge in [-0.15, -0.1) is 0 Å². The Morgan fingerprint density at radius 3 is 2.47 bits per heavy atom. The number of aromatic nitrogens is 4. The highest BCUT2D eigenvalue weighted by atomic mass is 19.2. The molecule has 8 nitrogen and oxygen atoms in total. The molecule has 0 bridgehead atoms. The molecule has 0 aliphatic rings. The summed E-state index contributed by atoms with van der Waals surface area (Å²) in [7, 11) is 2.98. The van der Waals surface area contributed by atoms with Crippen LogP contribution < -0.4 is 20.1 Å². The minimum absolute atomic E-state index is 0.0875. The highest BCUT2D eigenvalue weighted by molar-refractivity contribution is 5.95. The number of anilines is 4. The van der Waals surface area contributed by atoms with E-state index in [1.165, 1.54) is 14.2 Å². The van der Waals surface area contributed by atoms with E-state index in [0.29, 0.717) is 40.0 Å². The van der Waals surface area contributed by atoms with Crippen molar-refractivity contribution in [2.24, 2.45) is 0 Å². The van der Waals surface area contributed by atoms with Gasteiger partial charge in [-0.2, -0.15) is 10.1 Å². The Hall–Kier alpha value is -4.54. The zero-order valence-corrected chi connectivity index (χ0v) is 17.9. The fraction of sp³-hybridized carbons (Fsp3) is 0.0870. The van der Waals surface area contributed by atoms with Gasteiger partial charge < -0.3 is 20.1 Å². The fourth-order valence-electron chi connectivity index (χ4n) is 3.53. The molecule has 3 N–H and O–H groups in total. The van der Waals surface area contributed by atoms with E-state index in [1.807, 2.05) is 18.2 Å². The van der Waals surface area contributed by atoms with Gasteiger partial charge in [-0.25, -0.2) is 18.2 Å². The molecule has 2 heterocycles. The molecule has 0 saturated carbocycles. The third-order valence-electron chi connectivity index (χ3n) is 5.14. The summed E-state index contributed by atoms with van der Waals surface area (Å²) in [5.74, 6) is -2.41. The number of benzene rings is 3. The van der Waals surface area contributed by atoms with E-state index in [1.54, 1.807) is 18.3 Å². The van der Waals surface area contributed by atoms with Crippen LogP contribution in [-0.2, 0) is 0 Å². The normalized spacial score (nSPS) is 11.1. The molecule has 0 unspecified atom stereocenters. The van der Waals surface area contributed by atoms with E-state index in [9.17, 15) is 13.2 Å². The van der Waals surface area contributed by atoms with E-state index < -0.39 is 23.1 Å². The summed E-state index contributed by atoms with van der Waals surface area (Å²) in [6.45, 7) is 0. The standard InChI is InChI=1S/C23H17F3N6O2/c1-33-19-8-14-17(9-20(19)34-2)29-23(30-18-7-12(24)6-15(25)21(18)26)31-22(14)28-13-3-4-16-11(5-13)10-27-32-16/h3-10H,1-2H3,(H,27,32)(H2,28,29,30,31). The quantitative estimate of drug-likeness (QED) is 0.287. The maximum Gasteiger partial charge on any atom is 0.229 e. The molecule has 0 amide bonds. The topological polar surface area (TPSA) is 97.0 Å². The van der Waals surface area contributed by atoms with Gasteiger partial charge in [-0.05, 0) is 24.3 Å². The number of rotatable bonds is 6. The van der Waals surface area contributed by atoms with Crippen molar-refractivity contribution < 1.29 is 22.6 Å². The lowest BCUT2D eigenvalue weighted by Gasteiger charge is -2.15. The fourth-order valence-corrected chi connectivity index (χ4v) is 3.53. The smallest absolute Gasteiger partial charge is 0.229 e. The van der Waals surface area contributed by atoms with E-state index in [0.717, 1.165) is 17.0 Å². The molecule has 172 valence electrons. The van der Waals surface area contributed by atoms with Crippen molar-refractivity contribution in [3.8, 4) is 11.5 Å². The van der Waals surface area contributed by atoms with Gasteiger partial charge in [0.15, 0.2) is 23.1 Å². The molecular formula is C23H17F3N6O2. The van der Waals surface area contributed by atoms with Crippen LogP contribution in [0.5, 0.6) is 11.5 Å². The van der Waals surface area contributed by atoms with Crippen molar-refractivity contribution in [3.63, 3.8) is 0 Å². The SMILES string of the molecule is COc1cc2nc(Nc3cc(F)cc(F)c3F)nc(Nc3ccc4[nH]ncc4c3)c2cc1OC. The number of hydrogen-bond donors (Lipinski definition) is 3. The Morgan fingerprint density at radius 2 is 1.68 bits per heavy atom. The van der Waals surface area contributed by atoms with Crippen molar-refractivity contribution in [2.45, 2.75) is 0 Å². The Labute approximate surface area is 190 Å². The molecule has 5 aromatic rings. The number of fused-ring (bicyclic) bond motifs is 2. The summed E-state index contributed by atoms with van der Waals surface area (Å²) in [5.41, 5.74) is 1.52. The Balaban J connectivity index is 1.64. The minimum atomic E-state index is -1.33. The van der Waals surface area contributed by atoms with E-state index in [-0.39, 0.29) is 5.95 Å². The van der Waals surface area contributed by atoms with Crippen molar-refractivity contribution in [3.05, 3.63) is 66.1 Å². The number of nitrogens with one attached hydrogen (secondary N) is 3. The summed E-state index contributed by atoms with van der Waals surface area (Å²) in [6.07, 6.45) is 1.68. The molecule has 34 heavy (non-hydrogen) atoms. The molecule has 0 aliphatic carbocycles. The lowest BCUT2D eigenvalue weighted by molar-refractivity contribution is 0.356. The van der Waals surface area contributed by atoms with Crippen LogP contribution in [0, 0.1) is 17.5 Å². The number of methoxy groups -OCH3 is 2. The number of ether oxygens (including phenoxy) is 2. The summed E-state index contributed by atoms with van der Waals surface area (Å²) in [6, 6.07) is 10.1. The number of aromatic amines is 1. The molecule has 0 atom stereocenters. The van der Waals surface area contributed by atoms with E-state index >= 15 is 0 Å². The van der Waals surface area contributed by atoms with Gasteiger partial charge in [0, 0.05) is 34.7 Å². The van der Waals surface area contributed by atoms with Crippen molar-refractivity contribution >= 4 is 44.9 Å². The van der Waals surface area contributed by atoms with Crippen molar-refractivity contribution in [2.75, 3.05) is 24.9 Å². The average Bonchev–Trinajstić information content (AvgIpc) is 3.29. The first-order chi connectivity index (χ1) is 16.4. The molecule has 5 rings (SSSR count). The summed E-state index contributed by atoms with van der Waals surface area (Å²) < 4.78 is 52.4. The second kappa shape index (κ2) is 8.43. The van der Waals surface area contributed by atoms with Gasteiger partial charge in [0.25, 0.3) is 0 Å². The molecule has 0 radical (unpaired) electrons. The monoisotopic (exact) mass is 466 g/mol. The molecular weight excluding hydrogens is 449 g/mol. The molecule has 11 heteroatoms. The molecule has 2 aromatic heterocycles. The van der Waals surface area contributed by atoms with Crippen LogP contribution in [-0.4, -0.2) is 34.4 Å². The zero-order chi connectivity index (χ0) is 23.8. The first-order valence-corrected chi connectivity index (χ1v) is 10.0. The van der Waals surface area contributed by atoms with E-state index in [2.05, 4.69) is 30.8 Å². The maximum atomic E-state index is 14.2. The number of hydrogen-bond acceptors (Lipinski definition) is 7. The van der Waals surface area contributed by atoms with Gasteiger partial charge in [-0.3, -0.25) is 5.10 Å². The molecule has 0 fully saturated rings. The van der Waals surface area contributed by atoms with Crippen LogP contribution in [0.15, 0.2) is 48.7 Å². The van der Waals surface area contributed by atoms with Gasteiger partial charge in [-0.1, -0.05) is 0 Å². The first kappa shape index (κ1) is 21.3. The minimum Gasteiger partial charge on any atom is -0.493 e. The average molecular weight is 466 g/mol. The van der Waals surface area contributed by atoms with Crippen molar-refractivity contribution in [1.29, 1.82) is 0 Å². The second-order valence-corrected chi connectivity index (χ2v) is 7.29. The van der Waals surface area contributed by atoms with Crippen LogP contribution in [0.1, 0.15) is 0 Å². The van der Waals surface area contributed by atoms with Gasteiger partial charge in [0.2, 0.25) is 5.95 Å². The van der Waals surface area contributed by atoms with Crippen LogP contribution in [0.4, 0.5) is 36.3 Å². The third-order valence-corrected chi connectivity index (χ3v) is 5.14. The summed E-state index contributed by atoms with van der Waals surface area (Å²) in [4.78, 5) is 8.80. The largest absolute Gasteiger partial charge is 0.493 e. The first-order valence-electron chi connectivity index (χ1n) is 10.0. The number of halogens is 3. The van der Waals surface area contributed by atoms with Crippen molar-refractivity contribution in [1.82, 2.24) is 20.2 Å². The maximum absolute atomic E-state index is 14.2. The van der Waals surface area contributed by atoms with Crippen LogP contribution in [0.25, 0.3) is 21.8 Å². The predicted octanol–water partition coefficient (Wildman–Crippen LogP) is 5.43. The molecule has 0 aliphatic heterocycles. The number of nitrogens with zero attached hydrogens (tertiary/aromatic N) is 3. The molecule has 0 saturated heterocycles. The Morgan fingerprint density at radius 1 is 0.882 bits per heavy atom. The van der Waals surface area contributed by atoms with E-state index in [4.69, 9.17) is 9.47 Å². The second-order valence-electron chi connectivity index (χ2n) is 7.29. The van der Waals surface area contributed by atoms with Crippen LogP contribution >= 0.6 is 0 Å². The highest BCUT2D eigenvalue weighted by Gasteiger charge is 2.17.